The number of carboxylic acid groups (broad SMARTS) is 1. The highest BCUT2D eigenvalue weighted by Crippen LogP contribution is 2.18. The lowest BCUT2D eigenvalue weighted by atomic mass is 10.3. The Labute approximate surface area is 125 Å². The molecule has 0 saturated carbocycles. The Balaban J connectivity index is 1.93. The summed E-state index contributed by atoms with van der Waals surface area (Å²) in [5.74, 6) is -1.59. The van der Waals surface area contributed by atoms with E-state index >= 15 is 0 Å². The van der Waals surface area contributed by atoms with Crippen molar-refractivity contribution in [3.63, 3.8) is 0 Å². The van der Waals surface area contributed by atoms with Crippen molar-refractivity contribution in [2.24, 2.45) is 0 Å². The molecule has 2 aromatic rings. The second-order valence-corrected chi connectivity index (χ2v) is 7.51. The smallest absolute Gasteiger partial charge is 0.304 e. The minimum atomic E-state index is -3.38. The van der Waals surface area contributed by atoms with Gasteiger partial charge in [0.2, 0.25) is 0 Å². The third-order valence-electron chi connectivity index (χ3n) is 2.71. The van der Waals surface area contributed by atoms with Crippen LogP contribution in [0.2, 0.25) is 0 Å². The van der Waals surface area contributed by atoms with Crippen LogP contribution in [0.1, 0.15) is 6.42 Å². The predicted molar refractivity (Wildman–Crippen MR) is 76.4 cm³/mol. The lowest BCUT2D eigenvalue weighted by Gasteiger charge is -1.99. The van der Waals surface area contributed by atoms with Gasteiger partial charge in [0.05, 0.1) is 12.2 Å². The SMILES string of the molecule is O=C(O)CCS(=O)(=O)CC[n+]1ccc(-c2nccs2)cn1. The van der Waals surface area contributed by atoms with E-state index in [2.05, 4.69) is 10.1 Å². The van der Waals surface area contributed by atoms with E-state index in [4.69, 9.17) is 5.11 Å². The number of aromatic nitrogens is 3. The molecule has 0 amide bonds. The molecule has 7 nitrogen and oxygen atoms in total. The van der Waals surface area contributed by atoms with Crippen molar-refractivity contribution in [3.05, 3.63) is 30.0 Å². The summed E-state index contributed by atoms with van der Waals surface area (Å²) in [6.07, 6.45) is 4.64. The third kappa shape index (κ3) is 4.87. The molecule has 2 aromatic heterocycles. The van der Waals surface area contributed by atoms with Crippen LogP contribution in [0.15, 0.2) is 30.0 Å². The normalized spacial score (nSPS) is 11.4. The number of carboxylic acids is 1. The molecule has 0 aliphatic rings. The van der Waals surface area contributed by atoms with E-state index < -0.39 is 15.8 Å². The summed E-state index contributed by atoms with van der Waals surface area (Å²) in [6, 6.07) is 1.82. The van der Waals surface area contributed by atoms with Crippen molar-refractivity contribution in [2.45, 2.75) is 13.0 Å². The van der Waals surface area contributed by atoms with Crippen LogP contribution in [-0.2, 0) is 21.2 Å². The van der Waals surface area contributed by atoms with Gasteiger partial charge in [0.15, 0.2) is 22.6 Å². The monoisotopic (exact) mass is 328 g/mol. The highest BCUT2D eigenvalue weighted by atomic mass is 32.2. The standard InChI is InChI=1S/C12H13N3O4S2/c16-11(17)2-7-21(18,19)8-5-15-4-1-10(9-14-15)12-13-3-6-20-12/h1,3-4,6,9H,2,5,7-8H2/p+1. The number of aliphatic carboxylic acids is 1. The van der Waals surface area contributed by atoms with Gasteiger partial charge in [-0.2, -0.15) is 0 Å². The topological polar surface area (TPSA) is 101 Å². The average Bonchev–Trinajstić information content (AvgIpc) is 2.98. The molecule has 1 N–H and O–H groups in total. The summed E-state index contributed by atoms with van der Waals surface area (Å²) in [5, 5.41) is 15.3. The van der Waals surface area contributed by atoms with Crippen LogP contribution in [0, 0.1) is 0 Å². The van der Waals surface area contributed by atoms with E-state index in [1.54, 1.807) is 18.6 Å². The fraction of sp³-hybridized carbons (Fsp3) is 0.333. The van der Waals surface area contributed by atoms with Crippen molar-refractivity contribution in [1.82, 2.24) is 10.1 Å². The fourth-order valence-electron chi connectivity index (χ4n) is 1.59. The lowest BCUT2D eigenvalue weighted by molar-refractivity contribution is -0.749. The molecule has 0 unspecified atom stereocenters. The minimum absolute atomic E-state index is 0.130. The Kier molecular flexibility index (Phi) is 4.97. The molecule has 0 radical (unpaired) electrons. The summed E-state index contributed by atoms with van der Waals surface area (Å²) in [5.41, 5.74) is 0.870. The highest BCUT2D eigenvalue weighted by molar-refractivity contribution is 7.91. The Hall–Kier alpha value is -1.87. The molecule has 0 aromatic carbocycles. The van der Waals surface area contributed by atoms with E-state index in [0.717, 1.165) is 10.6 Å². The molecule has 0 fully saturated rings. The lowest BCUT2D eigenvalue weighted by Crippen LogP contribution is -2.40. The van der Waals surface area contributed by atoms with Crippen molar-refractivity contribution in [2.75, 3.05) is 11.5 Å². The van der Waals surface area contributed by atoms with Crippen molar-refractivity contribution in [3.8, 4) is 10.6 Å². The van der Waals surface area contributed by atoms with Gasteiger partial charge in [-0.15, -0.1) is 11.3 Å². The molecule has 0 spiro atoms. The molecule has 0 atom stereocenters. The Morgan fingerprint density at radius 2 is 2.19 bits per heavy atom. The maximum Gasteiger partial charge on any atom is 0.304 e. The van der Waals surface area contributed by atoms with Crippen LogP contribution in [0.25, 0.3) is 10.6 Å². The largest absolute Gasteiger partial charge is 0.481 e. The fourth-order valence-corrected chi connectivity index (χ4v) is 3.37. The third-order valence-corrected chi connectivity index (χ3v) is 5.16. The first-order valence-electron chi connectivity index (χ1n) is 6.14. The van der Waals surface area contributed by atoms with Crippen LogP contribution in [0.4, 0.5) is 0 Å². The van der Waals surface area contributed by atoms with Gasteiger partial charge < -0.3 is 5.11 Å². The second-order valence-electron chi connectivity index (χ2n) is 4.31. The zero-order chi connectivity index (χ0) is 15.3. The molecule has 112 valence electrons. The molecular weight excluding hydrogens is 314 g/mol. The molecule has 0 aliphatic heterocycles. The van der Waals surface area contributed by atoms with Crippen LogP contribution in [0.3, 0.4) is 0 Å². The summed E-state index contributed by atoms with van der Waals surface area (Å²) < 4.78 is 24.8. The Morgan fingerprint density at radius 1 is 1.38 bits per heavy atom. The van der Waals surface area contributed by atoms with E-state index in [-0.39, 0.29) is 24.5 Å². The van der Waals surface area contributed by atoms with Gasteiger partial charge in [0, 0.05) is 23.2 Å². The number of aryl methyl sites for hydroxylation is 1. The Morgan fingerprint density at radius 3 is 2.76 bits per heavy atom. The van der Waals surface area contributed by atoms with Gasteiger partial charge in [-0.3, -0.25) is 4.79 Å². The number of nitrogens with zero attached hydrogens (tertiary/aromatic N) is 3. The number of sulfone groups is 1. The van der Waals surface area contributed by atoms with E-state index in [9.17, 15) is 13.2 Å². The number of carbonyl (C=O) groups is 1. The first-order chi connectivity index (χ1) is 9.96. The number of thiazole rings is 1. The average molecular weight is 328 g/mol. The molecular formula is C12H14N3O4S2+. The van der Waals surface area contributed by atoms with Gasteiger partial charge >= 0.3 is 5.97 Å². The van der Waals surface area contributed by atoms with Crippen molar-refractivity contribution in [1.29, 1.82) is 0 Å². The molecule has 9 heteroatoms. The van der Waals surface area contributed by atoms with Crippen molar-refractivity contribution >= 4 is 27.1 Å². The van der Waals surface area contributed by atoms with Gasteiger partial charge in [-0.05, 0) is 5.10 Å². The first kappa shape index (κ1) is 15.5. The van der Waals surface area contributed by atoms with Crippen LogP contribution < -0.4 is 4.68 Å². The second kappa shape index (κ2) is 6.72. The summed E-state index contributed by atoms with van der Waals surface area (Å²) in [7, 11) is -3.38. The quantitative estimate of drug-likeness (QED) is 0.738. The van der Waals surface area contributed by atoms with Crippen molar-refractivity contribution < 1.29 is 23.0 Å². The highest BCUT2D eigenvalue weighted by Gasteiger charge is 2.16. The van der Waals surface area contributed by atoms with Crippen LogP contribution >= 0.6 is 11.3 Å². The molecule has 0 aliphatic carbocycles. The van der Waals surface area contributed by atoms with Crippen LogP contribution in [-0.4, -0.2) is 41.1 Å². The van der Waals surface area contributed by atoms with Gasteiger partial charge in [0.1, 0.15) is 17.0 Å². The molecule has 21 heavy (non-hydrogen) atoms. The van der Waals surface area contributed by atoms with Gasteiger partial charge in [-0.1, -0.05) is 4.68 Å². The molecule has 2 rings (SSSR count). The van der Waals surface area contributed by atoms with E-state index in [1.807, 2.05) is 11.4 Å². The van der Waals surface area contributed by atoms with E-state index in [1.165, 1.54) is 16.0 Å². The molecule has 2 heterocycles. The zero-order valence-electron chi connectivity index (χ0n) is 11.0. The van der Waals surface area contributed by atoms with E-state index in [0.29, 0.717) is 0 Å². The number of hydrogen-bond donors (Lipinski definition) is 1. The molecule has 0 saturated heterocycles. The summed E-state index contributed by atoms with van der Waals surface area (Å²) in [4.78, 5) is 14.5. The summed E-state index contributed by atoms with van der Waals surface area (Å²) in [6.45, 7) is 0.195. The number of hydrogen-bond acceptors (Lipinski definition) is 6. The maximum atomic E-state index is 11.6. The zero-order valence-corrected chi connectivity index (χ0v) is 12.7. The van der Waals surface area contributed by atoms with Gasteiger partial charge in [-0.25, -0.2) is 13.4 Å². The molecule has 0 bridgehead atoms. The number of rotatable bonds is 7. The van der Waals surface area contributed by atoms with Crippen LogP contribution in [0.5, 0.6) is 0 Å². The predicted octanol–water partition coefficient (Wildman–Crippen LogP) is 0.382. The first-order valence-corrected chi connectivity index (χ1v) is 8.84. The maximum absolute atomic E-state index is 11.6. The summed E-state index contributed by atoms with van der Waals surface area (Å²) >= 11 is 1.50. The van der Waals surface area contributed by atoms with Gasteiger partial charge in [0.25, 0.3) is 0 Å². The Bertz CT molecular complexity index is 697. The minimum Gasteiger partial charge on any atom is -0.481 e.